The van der Waals surface area contributed by atoms with Gasteiger partial charge in [-0.2, -0.15) is 0 Å². The van der Waals surface area contributed by atoms with Crippen molar-refractivity contribution in [2.24, 2.45) is 5.92 Å². The average molecular weight is 330 g/mol. The molecule has 1 aliphatic heterocycles. The van der Waals surface area contributed by atoms with Gasteiger partial charge in [0.25, 0.3) is 5.69 Å². The number of benzene rings is 1. The molecule has 0 radical (unpaired) electrons. The smallest absolute Gasteiger partial charge is 0.269 e. The number of hydrogen-bond acceptors (Lipinski definition) is 4. The second kappa shape index (κ2) is 7.11. The Hall–Kier alpha value is -2.24. The van der Waals surface area contributed by atoms with Crippen LogP contribution in [0.15, 0.2) is 24.3 Å². The second-order valence-electron chi connectivity index (χ2n) is 6.72. The predicted octanol–water partition coefficient (Wildman–Crippen LogP) is 2.89. The Morgan fingerprint density at radius 1 is 1.25 bits per heavy atom. The highest BCUT2D eigenvalue weighted by Crippen LogP contribution is 2.32. The second-order valence-corrected chi connectivity index (χ2v) is 6.72. The van der Waals surface area contributed by atoms with Gasteiger partial charge in [-0.1, -0.05) is 18.6 Å². The molecule has 2 atom stereocenters. The zero-order chi connectivity index (χ0) is 17.1. The van der Waals surface area contributed by atoms with Gasteiger partial charge in [0.1, 0.15) is 5.78 Å². The molecule has 2 fully saturated rings. The van der Waals surface area contributed by atoms with Gasteiger partial charge in [0.05, 0.1) is 11.3 Å². The fourth-order valence-electron chi connectivity index (χ4n) is 3.99. The standard InChI is InChI=1S/C18H22N2O4/c21-17-9-2-1-7-15(17)16-8-4-10-19(16)18(22)12-13-5-3-6-14(11-13)20(23)24/h3,5-6,11,15-16H,1-2,4,7-10,12H2/t15-,16-/m0/s1. The van der Waals surface area contributed by atoms with Crippen LogP contribution < -0.4 is 0 Å². The summed E-state index contributed by atoms with van der Waals surface area (Å²) in [7, 11) is 0. The molecule has 0 N–H and O–H groups in total. The Balaban J connectivity index is 1.70. The summed E-state index contributed by atoms with van der Waals surface area (Å²) in [5.41, 5.74) is 0.649. The van der Waals surface area contributed by atoms with Crippen LogP contribution in [0, 0.1) is 16.0 Å². The summed E-state index contributed by atoms with van der Waals surface area (Å²) in [6.07, 6.45) is 5.49. The van der Waals surface area contributed by atoms with E-state index in [0.717, 1.165) is 32.1 Å². The number of nitro benzene ring substituents is 1. The fourth-order valence-corrected chi connectivity index (χ4v) is 3.99. The molecule has 24 heavy (non-hydrogen) atoms. The van der Waals surface area contributed by atoms with E-state index in [1.54, 1.807) is 12.1 Å². The number of hydrogen-bond donors (Lipinski definition) is 0. The SMILES string of the molecule is O=C1CCCC[C@H]1[C@@H]1CCCN1C(=O)Cc1cccc([N+](=O)[O-])c1. The molecule has 128 valence electrons. The zero-order valence-corrected chi connectivity index (χ0v) is 13.6. The van der Waals surface area contributed by atoms with E-state index in [2.05, 4.69) is 0 Å². The van der Waals surface area contributed by atoms with Crippen molar-refractivity contribution in [3.05, 3.63) is 39.9 Å². The quantitative estimate of drug-likeness (QED) is 0.628. The molecule has 6 heteroatoms. The minimum Gasteiger partial charge on any atom is -0.339 e. The molecule has 0 bridgehead atoms. The highest BCUT2D eigenvalue weighted by molar-refractivity contribution is 5.84. The number of Topliss-reactive ketones (excluding diaryl/α,β-unsaturated/α-hetero) is 1. The maximum atomic E-state index is 12.7. The van der Waals surface area contributed by atoms with Crippen LogP contribution in [0.4, 0.5) is 5.69 Å². The van der Waals surface area contributed by atoms with Crippen LogP contribution in [-0.2, 0) is 16.0 Å². The van der Waals surface area contributed by atoms with Crippen molar-refractivity contribution in [1.82, 2.24) is 4.90 Å². The maximum absolute atomic E-state index is 12.7. The van der Waals surface area contributed by atoms with Crippen LogP contribution in [0.5, 0.6) is 0 Å². The Morgan fingerprint density at radius 3 is 2.83 bits per heavy atom. The lowest BCUT2D eigenvalue weighted by molar-refractivity contribution is -0.384. The minimum absolute atomic E-state index is 0.000676. The third kappa shape index (κ3) is 3.47. The molecule has 0 unspecified atom stereocenters. The van der Waals surface area contributed by atoms with Gasteiger partial charge in [0, 0.05) is 37.1 Å². The van der Waals surface area contributed by atoms with E-state index in [0.29, 0.717) is 24.3 Å². The molecule has 1 heterocycles. The number of non-ortho nitro benzene ring substituents is 1. The molecule has 0 aromatic heterocycles. The largest absolute Gasteiger partial charge is 0.339 e. The van der Waals surface area contributed by atoms with E-state index >= 15 is 0 Å². The lowest BCUT2D eigenvalue weighted by Crippen LogP contribution is -2.44. The Bertz CT molecular complexity index is 658. The zero-order valence-electron chi connectivity index (χ0n) is 13.6. The van der Waals surface area contributed by atoms with Gasteiger partial charge in [-0.3, -0.25) is 19.7 Å². The van der Waals surface area contributed by atoms with Crippen molar-refractivity contribution in [3.63, 3.8) is 0 Å². The first-order valence-electron chi connectivity index (χ1n) is 8.62. The predicted molar refractivity (Wildman–Crippen MR) is 88.5 cm³/mol. The molecule has 1 saturated heterocycles. The van der Waals surface area contributed by atoms with Gasteiger partial charge in [-0.25, -0.2) is 0 Å². The number of ketones is 1. The topological polar surface area (TPSA) is 80.5 Å². The molecule has 1 saturated carbocycles. The first kappa shape index (κ1) is 16.6. The molecular formula is C18H22N2O4. The normalized spacial score (nSPS) is 24.2. The summed E-state index contributed by atoms with van der Waals surface area (Å²) in [4.78, 5) is 37.2. The Kier molecular flexibility index (Phi) is 4.92. The number of nitro groups is 1. The van der Waals surface area contributed by atoms with Gasteiger partial charge in [-0.15, -0.1) is 0 Å². The molecule has 1 amide bonds. The maximum Gasteiger partial charge on any atom is 0.269 e. The summed E-state index contributed by atoms with van der Waals surface area (Å²) in [6, 6.07) is 6.24. The summed E-state index contributed by atoms with van der Waals surface area (Å²) in [5, 5.41) is 10.9. The molecule has 1 aromatic rings. The van der Waals surface area contributed by atoms with Crippen LogP contribution in [0.3, 0.4) is 0 Å². The first-order chi connectivity index (χ1) is 11.6. The van der Waals surface area contributed by atoms with E-state index in [4.69, 9.17) is 0 Å². The highest BCUT2D eigenvalue weighted by Gasteiger charge is 2.38. The van der Waals surface area contributed by atoms with Crippen molar-refractivity contribution in [2.75, 3.05) is 6.54 Å². The summed E-state index contributed by atoms with van der Waals surface area (Å²) < 4.78 is 0. The number of carbonyl (C=O) groups is 2. The number of amides is 1. The third-order valence-electron chi connectivity index (χ3n) is 5.16. The van der Waals surface area contributed by atoms with Crippen molar-refractivity contribution in [2.45, 2.75) is 51.0 Å². The van der Waals surface area contributed by atoms with Crippen molar-refractivity contribution in [3.8, 4) is 0 Å². The Morgan fingerprint density at radius 2 is 2.08 bits per heavy atom. The molecule has 1 aromatic carbocycles. The summed E-state index contributed by atoms with van der Waals surface area (Å²) >= 11 is 0. The molecule has 2 aliphatic rings. The Labute approximate surface area is 141 Å². The van der Waals surface area contributed by atoms with E-state index in [-0.39, 0.29) is 30.0 Å². The molecule has 6 nitrogen and oxygen atoms in total. The summed E-state index contributed by atoms with van der Waals surface area (Å²) in [6.45, 7) is 0.683. The minimum atomic E-state index is -0.451. The van der Waals surface area contributed by atoms with Crippen LogP contribution in [0.25, 0.3) is 0 Å². The highest BCUT2D eigenvalue weighted by atomic mass is 16.6. The van der Waals surface area contributed by atoms with Gasteiger partial charge in [0.2, 0.25) is 5.91 Å². The van der Waals surface area contributed by atoms with E-state index < -0.39 is 4.92 Å². The van der Waals surface area contributed by atoms with Crippen LogP contribution in [-0.4, -0.2) is 34.1 Å². The van der Waals surface area contributed by atoms with E-state index in [1.165, 1.54) is 12.1 Å². The van der Waals surface area contributed by atoms with Crippen molar-refractivity contribution in [1.29, 1.82) is 0 Å². The van der Waals surface area contributed by atoms with Crippen LogP contribution >= 0.6 is 0 Å². The van der Waals surface area contributed by atoms with Gasteiger partial charge in [-0.05, 0) is 31.2 Å². The van der Waals surface area contributed by atoms with Gasteiger partial charge < -0.3 is 4.90 Å². The monoisotopic (exact) mass is 330 g/mol. The fraction of sp³-hybridized carbons (Fsp3) is 0.556. The first-order valence-corrected chi connectivity index (χ1v) is 8.62. The molecular weight excluding hydrogens is 308 g/mol. The molecule has 3 rings (SSSR count). The third-order valence-corrected chi connectivity index (χ3v) is 5.16. The van der Waals surface area contributed by atoms with Crippen LogP contribution in [0.1, 0.15) is 44.1 Å². The lowest BCUT2D eigenvalue weighted by atomic mass is 9.81. The number of carbonyl (C=O) groups excluding carboxylic acids is 2. The van der Waals surface area contributed by atoms with Gasteiger partial charge in [0.15, 0.2) is 0 Å². The van der Waals surface area contributed by atoms with Crippen molar-refractivity contribution < 1.29 is 14.5 Å². The number of rotatable bonds is 4. The number of likely N-dealkylation sites (tertiary alicyclic amines) is 1. The van der Waals surface area contributed by atoms with E-state index in [1.807, 2.05) is 4.90 Å². The average Bonchev–Trinajstić information content (AvgIpc) is 3.05. The van der Waals surface area contributed by atoms with Gasteiger partial charge >= 0.3 is 0 Å². The van der Waals surface area contributed by atoms with Crippen molar-refractivity contribution >= 4 is 17.4 Å². The molecule has 1 aliphatic carbocycles. The molecule has 0 spiro atoms. The van der Waals surface area contributed by atoms with Crippen LogP contribution in [0.2, 0.25) is 0 Å². The summed E-state index contributed by atoms with van der Waals surface area (Å²) in [5.74, 6) is 0.243. The lowest BCUT2D eigenvalue weighted by Gasteiger charge is -2.33. The van der Waals surface area contributed by atoms with E-state index in [9.17, 15) is 19.7 Å². The number of nitrogens with zero attached hydrogens (tertiary/aromatic N) is 2.